The maximum Gasteiger partial charge on any atom is 0.174 e. The van der Waals surface area contributed by atoms with E-state index in [4.69, 9.17) is 29.6 Å². The Morgan fingerprint density at radius 2 is 2.00 bits per heavy atom. The van der Waals surface area contributed by atoms with Crippen molar-refractivity contribution >= 4 is 27.6 Å². The molecule has 0 aliphatic heterocycles. The molecule has 37 heavy (non-hydrogen) atoms. The van der Waals surface area contributed by atoms with Crippen LogP contribution in [0.2, 0.25) is 0 Å². The van der Waals surface area contributed by atoms with E-state index in [-0.39, 0.29) is 38.9 Å². The number of ether oxygens (including phenoxy) is 3. The summed E-state index contributed by atoms with van der Waals surface area (Å²) < 4.78 is 31.4. The normalized spacial score (nSPS) is 11.0. The fourth-order valence-corrected chi connectivity index (χ4v) is 4.13. The summed E-state index contributed by atoms with van der Waals surface area (Å²) in [6.07, 6.45) is 1.75. The number of rotatable bonds is 12. The van der Waals surface area contributed by atoms with E-state index >= 15 is 0 Å². The first-order valence-corrected chi connectivity index (χ1v) is 11.7. The van der Waals surface area contributed by atoms with Gasteiger partial charge in [-0.3, -0.25) is 0 Å². The van der Waals surface area contributed by atoms with Crippen LogP contribution in [0.5, 0.6) is 11.5 Å². The molecule has 0 atom stereocenters. The van der Waals surface area contributed by atoms with Gasteiger partial charge >= 0.3 is 0 Å². The smallest absolute Gasteiger partial charge is 0.174 e. The van der Waals surface area contributed by atoms with Gasteiger partial charge in [0.15, 0.2) is 18.1 Å². The molecule has 2 N–H and O–H groups in total. The van der Waals surface area contributed by atoms with Gasteiger partial charge in [0.2, 0.25) is 0 Å². The van der Waals surface area contributed by atoms with Crippen molar-refractivity contribution in [1.82, 2.24) is 15.0 Å². The number of nitriles is 1. The van der Waals surface area contributed by atoms with Gasteiger partial charge in [0.1, 0.15) is 30.0 Å². The van der Waals surface area contributed by atoms with Crippen molar-refractivity contribution in [3.05, 3.63) is 54.6 Å². The van der Waals surface area contributed by atoms with Gasteiger partial charge < -0.3 is 29.2 Å². The number of hydrogen-bond donors (Lipinski definition) is 2. The zero-order valence-electron chi connectivity index (χ0n) is 20.8. The molecule has 0 amide bonds. The molecular weight excluding hydrogens is 477 g/mol. The number of aryl methyl sites for hydroxylation is 1. The van der Waals surface area contributed by atoms with Gasteiger partial charge in [0.25, 0.3) is 0 Å². The Balaban J connectivity index is 1.83. The summed E-state index contributed by atoms with van der Waals surface area (Å²) in [5.41, 5.74) is 3.29. The molecular formula is C27H28FN5O4. The molecule has 0 aliphatic rings. The number of halogens is 1. The predicted molar refractivity (Wildman–Crippen MR) is 140 cm³/mol. The number of H-pyrrole nitrogens is 1. The Bertz CT molecular complexity index is 1460. The van der Waals surface area contributed by atoms with Crippen LogP contribution in [0.25, 0.3) is 33.2 Å². The molecule has 0 spiro atoms. The van der Waals surface area contributed by atoms with E-state index < -0.39 is 0 Å². The maximum atomic E-state index is 14.8. The number of benzene rings is 2. The van der Waals surface area contributed by atoms with Crippen LogP contribution in [0.4, 0.5) is 10.1 Å². The summed E-state index contributed by atoms with van der Waals surface area (Å²) in [6, 6.07) is 10.2. The van der Waals surface area contributed by atoms with Gasteiger partial charge in [-0.15, -0.1) is 6.58 Å². The molecule has 10 heteroatoms. The van der Waals surface area contributed by atoms with E-state index in [1.54, 1.807) is 25.1 Å². The number of aromatic amines is 1. The maximum absolute atomic E-state index is 14.8. The quantitative estimate of drug-likeness (QED) is 0.218. The van der Waals surface area contributed by atoms with E-state index in [1.807, 2.05) is 24.1 Å². The average molecular weight is 506 g/mol. The molecule has 0 unspecified atom stereocenters. The lowest BCUT2D eigenvalue weighted by Gasteiger charge is -2.18. The highest BCUT2D eigenvalue weighted by Gasteiger charge is 2.20. The first-order chi connectivity index (χ1) is 18.0. The van der Waals surface area contributed by atoms with Gasteiger partial charge in [-0.1, -0.05) is 6.08 Å². The summed E-state index contributed by atoms with van der Waals surface area (Å²) in [6.45, 7) is 6.61. The van der Waals surface area contributed by atoms with Crippen LogP contribution in [0.1, 0.15) is 5.82 Å². The van der Waals surface area contributed by atoms with Crippen molar-refractivity contribution in [3.8, 4) is 28.8 Å². The van der Waals surface area contributed by atoms with Gasteiger partial charge in [-0.2, -0.15) is 5.26 Å². The first kappa shape index (κ1) is 25.9. The molecule has 192 valence electrons. The second-order valence-electron chi connectivity index (χ2n) is 8.28. The first-order valence-electron chi connectivity index (χ1n) is 11.7. The monoisotopic (exact) mass is 505 g/mol. The molecule has 9 nitrogen and oxygen atoms in total. The van der Waals surface area contributed by atoms with E-state index in [0.717, 1.165) is 5.52 Å². The van der Waals surface area contributed by atoms with Gasteiger partial charge in [0, 0.05) is 24.5 Å². The number of hydrogen-bond acceptors (Lipinski definition) is 8. The van der Waals surface area contributed by atoms with Crippen molar-refractivity contribution in [2.75, 3.05) is 51.5 Å². The lowest BCUT2D eigenvalue weighted by molar-refractivity contribution is 0.0698. The number of likely N-dealkylation sites (N-methyl/N-ethyl adjacent to an activating group) is 1. The number of aromatic nitrogens is 3. The second kappa shape index (κ2) is 11.7. The van der Waals surface area contributed by atoms with Crippen molar-refractivity contribution < 1.29 is 23.7 Å². The molecule has 2 heterocycles. The third-order valence-corrected chi connectivity index (χ3v) is 5.66. The SMILES string of the molecule is C=CCN(C)c1cc(F)cc2c1[nH]c1nc(C)nc(-c3ccc(OCCOCCO)c(OCC#N)c3)c12. The van der Waals surface area contributed by atoms with Crippen molar-refractivity contribution in [2.24, 2.45) is 0 Å². The minimum atomic E-state index is -0.379. The third-order valence-electron chi connectivity index (χ3n) is 5.66. The molecule has 0 fully saturated rings. The summed E-state index contributed by atoms with van der Waals surface area (Å²) in [4.78, 5) is 14.5. The van der Waals surface area contributed by atoms with Crippen molar-refractivity contribution in [2.45, 2.75) is 6.92 Å². The molecule has 0 saturated heterocycles. The Morgan fingerprint density at radius 3 is 2.76 bits per heavy atom. The van der Waals surface area contributed by atoms with E-state index in [1.165, 1.54) is 12.1 Å². The Labute approximate surface area is 213 Å². The van der Waals surface area contributed by atoms with Crippen LogP contribution in [0, 0.1) is 24.1 Å². The van der Waals surface area contributed by atoms with Crippen LogP contribution < -0.4 is 14.4 Å². The highest BCUT2D eigenvalue weighted by Crippen LogP contribution is 2.39. The van der Waals surface area contributed by atoms with Crippen molar-refractivity contribution in [3.63, 3.8) is 0 Å². The number of aliphatic hydroxyl groups excluding tert-OH is 1. The molecule has 0 radical (unpaired) electrons. The highest BCUT2D eigenvalue weighted by atomic mass is 19.1. The van der Waals surface area contributed by atoms with E-state index in [2.05, 4.69) is 16.5 Å². The van der Waals surface area contributed by atoms with Gasteiger partial charge in [-0.25, -0.2) is 14.4 Å². The predicted octanol–water partition coefficient (Wildman–Crippen LogP) is 4.14. The van der Waals surface area contributed by atoms with Gasteiger partial charge in [-0.05, 0) is 37.3 Å². The van der Waals surface area contributed by atoms with Crippen LogP contribution >= 0.6 is 0 Å². The lowest BCUT2D eigenvalue weighted by Crippen LogP contribution is -2.17. The molecule has 2 aromatic heterocycles. The zero-order chi connectivity index (χ0) is 26.4. The number of fused-ring (bicyclic) bond motifs is 3. The van der Waals surface area contributed by atoms with E-state index in [9.17, 15) is 4.39 Å². The highest BCUT2D eigenvalue weighted by molar-refractivity contribution is 6.15. The van der Waals surface area contributed by atoms with Gasteiger partial charge in [0.05, 0.1) is 42.1 Å². The molecule has 4 rings (SSSR count). The Hall–Kier alpha value is -4.20. The van der Waals surface area contributed by atoms with E-state index in [0.29, 0.717) is 57.2 Å². The topological polar surface area (TPSA) is 117 Å². The van der Waals surface area contributed by atoms with Crippen LogP contribution in [-0.4, -0.2) is 66.7 Å². The Kier molecular flexibility index (Phi) is 8.18. The number of aliphatic hydroxyl groups is 1. The Morgan fingerprint density at radius 1 is 1.16 bits per heavy atom. The summed E-state index contributed by atoms with van der Waals surface area (Å²) in [5, 5.41) is 19.2. The molecule has 0 bridgehead atoms. The zero-order valence-corrected chi connectivity index (χ0v) is 20.8. The number of nitrogens with one attached hydrogen (secondary N) is 1. The van der Waals surface area contributed by atoms with Crippen LogP contribution in [0.3, 0.4) is 0 Å². The average Bonchev–Trinajstić information content (AvgIpc) is 3.24. The minimum absolute atomic E-state index is 0.0676. The lowest BCUT2D eigenvalue weighted by atomic mass is 10.0. The molecule has 4 aromatic rings. The second-order valence-corrected chi connectivity index (χ2v) is 8.28. The van der Waals surface area contributed by atoms with Crippen LogP contribution in [-0.2, 0) is 4.74 Å². The standard InChI is InChI=1S/C27H28FN5O4/c1-4-8-33(3)21-16-19(28)15-20-24-25(30-17(2)31-27(24)32-26(20)21)18-5-6-22(23(14-18)36-10-7-29)37-13-12-35-11-9-34/h4-6,14-16,34H,1,8-13H2,2-3H3,(H,30,31,32). The largest absolute Gasteiger partial charge is 0.487 e. The molecule has 2 aromatic carbocycles. The minimum Gasteiger partial charge on any atom is -0.487 e. The van der Waals surface area contributed by atoms with Crippen molar-refractivity contribution in [1.29, 1.82) is 5.26 Å². The third kappa shape index (κ3) is 5.63. The number of anilines is 1. The number of nitrogens with zero attached hydrogens (tertiary/aromatic N) is 4. The fourth-order valence-electron chi connectivity index (χ4n) is 4.13. The fraction of sp³-hybridized carbons (Fsp3) is 0.296. The summed E-state index contributed by atoms with van der Waals surface area (Å²) in [5.74, 6) is 0.961. The summed E-state index contributed by atoms with van der Waals surface area (Å²) >= 11 is 0. The van der Waals surface area contributed by atoms with Crippen LogP contribution in [0.15, 0.2) is 43.0 Å². The molecule has 0 saturated carbocycles. The summed E-state index contributed by atoms with van der Waals surface area (Å²) in [7, 11) is 1.87. The molecule has 0 aliphatic carbocycles.